The van der Waals surface area contributed by atoms with Gasteiger partial charge in [0, 0.05) is 5.41 Å². The summed E-state index contributed by atoms with van der Waals surface area (Å²) in [7, 11) is 0. The number of carbonyl (C=O) groups is 1. The average molecular weight is 241 g/mol. The predicted molar refractivity (Wildman–Crippen MR) is 71.0 cm³/mol. The van der Waals surface area contributed by atoms with Gasteiger partial charge in [-0.25, -0.2) is 0 Å². The highest BCUT2D eigenvalue weighted by molar-refractivity contribution is 5.94. The van der Waals surface area contributed by atoms with Crippen LogP contribution in [0.3, 0.4) is 0 Å². The minimum Gasteiger partial charge on any atom is -0.297 e. The Bertz CT molecular complexity index is 524. The first-order valence-corrected chi connectivity index (χ1v) is 6.42. The van der Waals surface area contributed by atoms with E-state index in [1.807, 2.05) is 45.0 Å². The topological polar surface area (TPSA) is 40.9 Å². The number of hydrogen-bond donors (Lipinski definition) is 0. The Morgan fingerprint density at radius 2 is 1.94 bits per heavy atom. The first-order valence-electron chi connectivity index (χ1n) is 6.42. The molecule has 2 nitrogen and oxygen atoms in total. The molecule has 2 rings (SSSR count). The molecular weight excluding hydrogens is 222 g/mol. The fourth-order valence-electron chi connectivity index (χ4n) is 2.85. The maximum atomic E-state index is 12.5. The van der Waals surface area contributed by atoms with E-state index in [0.717, 1.165) is 17.5 Å². The molecule has 0 bridgehead atoms. The third-order valence-electron chi connectivity index (χ3n) is 4.19. The number of Topliss-reactive ketones (excluding diaryl/α,β-unsaturated/α-hetero) is 1. The van der Waals surface area contributed by atoms with Gasteiger partial charge in [-0.2, -0.15) is 5.26 Å². The van der Waals surface area contributed by atoms with Crippen LogP contribution in [0, 0.1) is 29.1 Å². The molecule has 0 aromatic heterocycles. The second-order valence-electron chi connectivity index (χ2n) is 6.01. The molecule has 1 fully saturated rings. The van der Waals surface area contributed by atoms with Crippen molar-refractivity contribution in [3.05, 3.63) is 35.4 Å². The van der Waals surface area contributed by atoms with E-state index in [2.05, 4.69) is 6.07 Å². The maximum absolute atomic E-state index is 12.5. The minimum atomic E-state index is -0.810. The van der Waals surface area contributed by atoms with Crippen molar-refractivity contribution in [2.45, 2.75) is 40.0 Å². The maximum Gasteiger partial charge on any atom is 0.158 e. The highest BCUT2D eigenvalue weighted by Gasteiger charge is 2.52. The lowest BCUT2D eigenvalue weighted by Crippen LogP contribution is -2.33. The lowest BCUT2D eigenvalue weighted by molar-refractivity contribution is -0.130. The Morgan fingerprint density at radius 3 is 2.44 bits per heavy atom. The van der Waals surface area contributed by atoms with E-state index in [1.165, 1.54) is 0 Å². The number of aryl methyl sites for hydroxylation is 1. The van der Waals surface area contributed by atoms with Crippen molar-refractivity contribution in [1.82, 2.24) is 0 Å². The van der Waals surface area contributed by atoms with E-state index in [9.17, 15) is 10.1 Å². The zero-order valence-electron chi connectivity index (χ0n) is 11.3. The fourth-order valence-corrected chi connectivity index (χ4v) is 2.85. The minimum absolute atomic E-state index is 0.112. The molecule has 1 unspecified atom stereocenters. The van der Waals surface area contributed by atoms with Gasteiger partial charge in [-0.3, -0.25) is 4.79 Å². The van der Waals surface area contributed by atoms with Gasteiger partial charge in [0.1, 0.15) is 5.41 Å². The highest BCUT2D eigenvalue weighted by Crippen LogP contribution is 2.47. The van der Waals surface area contributed by atoms with Crippen molar-refractivity contribution in [3.8, 4) is 6.07 Å². The van der Waals surface area contributed by atoms with Gasteiger partial charge in [0.2, 0.25) is 0 Å². The van der Waals surface area contributed by atoms with E-state index in [4.69, 9.17) is 0 Å². The van der Waals surface area contributed by atoms with Crippen molar-refractivity contribution >= 4 is 5.78 Å². The molecule has 0 aliphatic heterocycles. The molecule has 0 radical (unpaired) electrons. The third kappa shape index (κ3) is 1.95. The van der Waals surface area contributed by atoms with Gasteiger partial charge < -0.3 is 0 Å². The Hall–Kier alpha value is -1.62. The van der Waals surface area contributed by atoms with E-state index >= 15 is 0 Å². The predicted octanol–water partition coefficient (Wildman–Crippen LogP) is 3.44. The number of hydrogen-bond acceptors (Lipinski definition) is 2. The Balaban J connectivity index is 2.35. The molecule has 0 N–H and O–H groups in total. The zero-order valence-corrected chi connectivity index (χ0v) is 11.3. The Kier molecular flexibility index (Phi) is 3.02. The van der Waals surface area contributed by atoms with Gasteiger partial charge in [0.05, 0.1) is 6.07 Å². The van der Waals surface area contributed by atoms with Crippen LogP contribution < -0.4 is 0 Å². The van der Waals surface area contributed by atoms with Gasteiger partial charge in [-0.15, -0.1) is 0 Å². The van der Waals surface area contributed by atoms with Gasteiger partial charge in [0.15, 0.2) is 5.78 Å². The Labute approximate surface area is 109 Å². The summed E-state index contributed by atoms with van der Waals surface area (Å²) >= 11 is 0. The summed E-state index contributed by atoms with van der Waals surface area (Å²) in [5.74, 6) is 0.112. The first-order chi connectivity index (χ1) is 8.41. The van der Waals surface area contributed by atoms with Gasteiger partial charge in [-0.05, 0) is 37.3 Å². The number of carbonyl (C=O) groups excluding carboxylic acids is 1. The largest absolute Gasteiger partial charge is 0.297 e. The number of nitriles is 1. The van der Waals surface area contributed by atoms with E-state index in [1.54, 1.807) is 0 Å². The van der Waals surface area contributed by atoms with E-state index in [0.29, 0.717) is 12.8 Å². The molecular formula is C16H19NO. The highest BCUT2D eigenvalue weighted by atomic mass is 16.1. The summed E-state index contributed by atoms with van der Waals surface area (Å²) in [6.07, 6.45) is 2.05. The van der Waals surface area contributed by atoms with Crippen molar-refractivity contribution in [2.75, 3.05) is 0 Å². The molecule has 2 heteroatoms. The van der Waals surface area contributed by atoms with Crippen LogP contribution in [0.2, 0.25) is 0 Å². The molecule has 1 aromatic carbocycles. The molecule has 1 aliphatic carbocycles. The van der Waals surface area contributed by atoms with Crippen LogP contribution in [-0.2, 0) is 11.2 Å². The van der Waals surface area contributed by atoms with Crippen LogP contribution >= 0.6 is 0 Å². The van der Waals surface area contributed by atoms with Crippen molar-refractivity contribution in [2.24, 2.45) is 10.8 Å². The second kappa shape index (κ2) is 4.24. The number of nitrogens with zero attached hydrogens (tertiary/aromatic N) is 1. The molecule has 1 aromatic rings. The molecule has 0 amide bonds. The first kappa shape index (κ1) is 12.8. The van der Waals surface area contributed by atoms with Crippen LogP contribution in [0.4, 0.5) is 0 Å². The monoisotopic (exact) mass is 241 g/mol. The second-order valence-corrected chi connectivity index (χ2v) is 6.01. The van der Waals surface area contributed by atoms with Crippen molar-refractivity contribution in [1.29, 1.82) is 5.26 Å². The SMILES string of the molecule is Cc1ccccc1CC1(C#N)CCC(C)(C)C1=O. The molecule has 0 spiro atoms. The summed E-state index contributed by atoms with van der Waals surface area (Å²) in [5.41, 5.74) is 1.11. The van der Waals surface area contributed by atoms with E-state index < -0.39 is 5.41 Å². The number of ketones is 1. The van der Waals surface area contributed by atoms with Gasteiger partial charge >= 0.3 is 0 Å². The normalized spacial score (nSPS) is 26.0. The quantitative estimate of drug-likeness (QED) is 0.795. The standard InChI is InChI=1S/C16H19NO/c1-12-6-4-5-7-13(12)10-16(11-17)9-8-15(2,3)14(16)18/h4-7H,8-10H2,1-3H3. The van der Waals surface area contributed by atoms with Crippen LogP contribution in [-0.4, -0.2) is 5.78 Å². The van der Waals surface area contributed by atoms with Crippen LogP contribution in [0.25, 0.3) is 0 Å². The van der Waals surface area contributed by atoms with Gasteiger partial charge in [0.25, 0.3) is 0 Å². The summed E-state index contributed by atoms with van der Waals surface area (Å²) in [6.45, 7) is 5.93. The Morgan fingerprint density at radius 1 is 1.28 bits per heavy atom. The zero-order chi connectivity index (χ0) is 13.4. The molecule has 1 saturated carbocycles. The lowest BCUT2D eigenvalue weighted by atomic mass is 9.76. The van der Waals surface area contributed by atoms with Crippen molar-refractivity contribution in [3.63, 3.8) is 0 Å². The van der Waals surface area contributed by atoms with Crippen molar-refractivity contribution < 1.29 is 4.79 Å². The summed E-state index contributed by atoms with van der Waals surface area (Å²) in [4.78, 5) is 12.5. The fraction of sp³-hybridized carbons (Fsp3) is 0.500. The molecule has 1 aliphatic rings. The summed E-state index contributed by atoms with van der Waals surface area (Å²) in [6, 6.07) is 10.3. The third-order valence-corrected chi connectivity index (χ3v) is 4.19. The van der Waals surface area contributed by atoms with Crippen LogP contribution in [0.1, 0.15) is 37.8 Å². The molecule has 0 heterocycles. The summed E-state index contributed by atoms with van der Waals surface area (Å²) < 4.78 is 0. The number of benzene rings is 1. The van der Waals surface area contributed by atoms with Gasteiger partial charge in [-0.1, -0.05) is 38.1 Å². The lowest BCUT2D eigenvalue weighted by Gasteiger charge is -2.23. The smallest absolute Gasteiger partial charge is 0.158 e. The van der Waals surface area contributed by atoms with Crippen LogP contribution in [0.15, 0.2) is 24.3 Å². The van der Waals surface area contributed by atoms with E-state index in [-0.39, 0.29) is 11.2 Å². The molecule has 18 heavy (non-hydrogen) atoms. The van der Waals surface area contributed by atoms with Crippen LogP contribution in [0.5, 0.6) is 0 Å². The molecule has 1 atom stereocenters. The average Bonchev–Trinajstić information content (AvgIpc) is 2.57. The molecule has 94 valence electrons. The molecule has 0 saturated heterocycles. The number of rotatable bonds is 2. The summed E-state index contributed by atoms with van der Waals surface area (Å²) in [5, 5.41) is 9.50.